The lowest BCUT2D eigenvalue weighted by atomic mass is 9.98. The fraction of sp³-hybridized carbons (Fsp3) is 0.667. The molecule has 13 heavy (non-hydrogen) atoms. The van der Waals surface area contributed by atoms with Crippen molar-refractivity contribution in [3.63, 3.8) is 0 Å². The van der Waals surface area contributed by atoms with Crippen molar-refractivity contribution < 1.29 is 0 Å². The van der Waals surface area contributed by atoms with Gasteiger partial charge in [-0.2, -0.15) is 0 Å². The summed E-state index contributed by atoms with van der Waals surface area (Å²) in [6.07, 6.45) is 7.24. The van der Waals surface area contributed by atoms with Crippen molar-refractivity contribution in [2.24, 2.45) is 0 Å². The summed E-state index contributed by atoms with van der Waals surface area (Å²) in [5, 5.41) is 3.54. The van der Waals surface area contributed by atoms with Crippen LogP contribution in [-0.2, 0) is 0 Å². The second kappa shape index (κ2) is 5.83. The van der Waals surface area contributed by atoms with Crippen molar-refractivity contribution in [2.75, 3.05) is 6.54 Å². The molecule has 72 valence electrons. The molecule has 1 aliphatic heterocycles. The molecule has 1 rings (SSSR count). The average molecular weight is 177 g/mol. The van der Waals surface area contributed by atoms with Crippen LogP contribution in [0.5, 0.6) is 0 Å². The Balaban J connectivity index is 2.32. The van der Waals surface area contributed by atoms with E-state index < -0.39 is 0 Å². The van der Waals surface area contributed by atoms with Gasteiger partial charge in [0.1, 0.15) is 0 Å². The average Bonchev–Trinajstić information content (AvgIpc) is 2.16. The number of hydrogen-bond acceptors (Lipinski definition) is 1. The van der Waals surface area contributed by atoms with E-state index in [9.17, 15) is 0 Å². The van der Waals surface area contributed by atoms with Crippen LogP contribution in [0.15, 0.2) is 11.6 Å². The van der Waals surface area contributed by atoms with Crippen molar-refractivity contribution in [2.45, 2.75) is 45.6 Å². The number of nitrogens with one attached hydrogen (secondary N) is 1. The Morgan fingerprint density at radius 3 is 3.00 bits per heavy atom. The van der Waals surface area contributed by atoms with Crippen LogP contribution < -0.4 is 5.32 Å². The second-order valence-corrected chi connectivity index (χ2v) is 3.74. The van der Waals surface area contributed by atoms with Gasteiger partial charge in [0.2, 0.25) is 0 Å². The molecule has 0 radical (unpaired) electrons. The Labute approximate surface area is 81.6 Å². The van der Waals surface area contributed by atoms with Gasteiger partial charge in [0.05, 0.1) is 0 Å². The number of rotatable bonds is 2. The molecule has 0 amide bonds. The van der Waals surface area contributed by atoms with Crippen molar-refractivity contribution in [1.82, 2.24) is 5.32 Å². The van der Waals surface area contributed by atoms with E-state index in [4.69, 9.17) is 0 Å². The molecule has 1 N–H and O–H groups in total. The lowest BCUT2D eigenvalue weighted by Crippen LogP contribution is -2.33. The molecular formula is C12H19N. The third-order valence-electron chi connectivity index (χ3n) is 2.44. The Morgan fingerprint density at radius 2 is 2.38 bits per heavy atom. The zero-order chi connectivity index (χ0) is 9.52. The van der Waals surface area contributed by atoms with Gasteiger partial charge in [-0.3, -0.25) is 0 Å². The highest BCUT2D eigenvalue weighted by Gasteiger charge is 2.11. The Morgan fingerprint density at radius 1 is 1.54 bits per heavy atom. The molecule has 1 nitrogen and oxygen atoms in total. The zero-order valence-electron chi connectivity index (χ0n) is 8.69. The minimum Gasteiger partial charge on any atom is -0.314 e. The normalized spacial score (nSPS) is 23.5. The first-order valence-corrected chi connectivity index (χ1v) is 5.14. The molecule has 0 spiro atoms. The van der Waals surface area contributed by atoms with Crippen LogP contribution in [0.25, 0.3) is 0 Å². The molecule has 1 unspecified atom stereocenters. The van der Waals surface area contributed by atoms with E-state index in [1.807, 2.05) is 13.0 Å². The fourth-order valence-electron chi connectivity index (χ4n) is 1.74. The Hall–Kier alpha value is -0.740. The minimum absolute atomic E-state index is 0.698. The lowest BCUT2D eigenvalue weighted by Gasteiger charge is -2.23. The van der Waals surface area contributed by atoms with Gasteiger partial charge >= 0.3 is 0 Å². The summed E-state index contributed by atoms with van der Waals surface area (Å²) in [5.41, 5.74) is 1.40. The number of piperidine rings is 1. The van der Waals surface area contributed by atoms with Crippen LogP contribution in [0, 0.1) is 11.8 Å². The topological polar surface area (TPSA) is 12.0 Å². The highest BCUT2D eigenvalue weighted by molar-refractivity contribution is 5.19. The van der Waals surface area contributed by atoms with E-state index in [2.05, 4.69) is 24.1 Å². The van der Waals surface area contributed by atoms with Gasteiger partial charge in [-0.15, -0.1) is 5.92 Å². The van der Waals surface area contributed by atoms with Crippen molar-refractivity contribution >= 4 is 0 Å². The first kappa shape index (κ1) is 10.3. The molecular weight excluding hydrogens is 158 g/mol. The van der Waals surface area contributed by atoms with Crippen molar-refractivity contribution in [3.05, 3.63) is 11.6 Å². The third-order valence-corrected chi connectivity index (χ3v) is 2.44. The predicted molar refractivity (Wildman–Crippen MR) is 57.5 cm³/mol. The smallest absolute Gasteiger partial charge is 0.0104 e. The van der Waals surface area contributed by atoms with Crippen LogP contribution in [0.3, 0.4) is 0 Å². The summed E-state index contributed by atoms with van der Waals surface area (Å²) in [6, 6.07) is 0.698. The minimum atomic E-state index is 0.698. The van der Waals surface area contributed by atoms with Crippen LogP contribution in [0.4, 0.5) is 0 Å². The molecule has 1 aliphatic rings. The molecule has 0 saturated carbocycles. The summed E-state index contributed by atoms with van der Waals surface area (Å²) < 4.78 is 0. The number of hydrogen-bond donors (Lipinski definition) is 1. The molecule has 1 heteroatoms. The molecule has 0 aromatic carbocycles. The number of allylic oxidation sites excluding steroid dienone is 1. The Kier molecular flexibility index (Phi) is 4.64. The van der Waals surface area contributed by atoms with Gasteiger partial charge in [0.25, 0.3) is 0 Å². The molecule has 1 fully saturated rings. The van der Waals surface area contributed by atoms with Gasteiger partial charge in [0.15, 0.2) is 0 Å². The van der Waals surface area contributed by atoms with E-state index >= 15 is 0 Å². The van der Waals surface area contributed by atoms with Crippen LogP contribution in [-0.4, -0.2) is 12.6 Å². The van der Waals surface area contributed by atoms with Crippen LogP contribution >= 0.6 is 0 Å². The van der Waals surface area contributed by atoms with E-state index in [1.165, 1.54) is 31.4 Å². The van der Waals surface area contributed by atoms with Crippen molar-refractivity contribution in [1.29, 1.82) is 0 Å². The highest BCUT2D eigenvalue weighted by atomic mass is 14.9. The highest BCUT2D eigenvalue weighted by Crippen LogP contribution is 2.14. The molecule has 0 bridgehead atoms. The van der Waals surface area contributed by atoms with Gasteiger partial charge < -0.3 is 5.32 Å². The van der Waals surface area contributed by atoms with Crippen LogP contribution in [0.2, 0.25) is 0 Å². The maximum Gasteiger partial charge on any atom is 0.0104 e. The SMILES string of the molecule is CC#C/C=C(/C)CC1CCCCN1. The molecule has 0 aromatic rings. The van der Waals surface area contributed by atoms with Gasteiger partial charge in [-0.05, 0) is 45.7 Å². The van der Waals surface area contributed by atoms with Gasteiger partial charge in [-0.25, -0.2) is 0 Å². The molecule has 1 atom stereocenters. The maximum atomic E-state index is 3.54. The van der Waals surface area contributed by atoms with E-state index in [0.717, 1.165) is 6.42 Å². The summed E-state index contributed by atoms with van der Waals surface area (Å²) in [7, 11) is 0. The molecule has 1 saturated heterocycles. The maximum absolute atomic E-state index is 3.54. The Bertz CT molecular complexity index is 223. The second-order valence-electron chi connectivity index (χ2n) is 3.74. The van der Waals surface area contributed by atoms with Crippen LogP contribution in [0.1, 0.15) is 39.5 Å². The lowest BCUT2D eigenvalue weighted by molar-refractivity contribution is 0.398. The summed E-state index contributed by atoms with van der Waals surface area (Å²) >= 11 is 0. The van der Waals surface area contributed by atoms with Crippen molar-refractivity contribution in [3.8, 4) is 11.8 Å². The van der Waals surface area contributed by atoms with Gasteiger partial charge in [0, 0.05) is 6.04 Å². The quantitative estimate of drug-likeness (QED) is 0.639. The van der Waals surface area contributed by atoms with E-state index in [1.54, 1.807) is 0 Å². The zero-order valence-corrected chi connectivity index (χ0v) is 8.69. The first-order chi connectivity index (χ1) is 6.33. The predicted octanol–water partition coefficient (Wildman–Crippen LogP) is 2.49. The van der Waals surface area contributed by atoms with Gasteiger partial charge in [-0.1, -0.05) is 17.9 Å². The summed E-state index contributed by atoms with van der Waals surface area (Å²) in [4.78, 5) is 0. The first-order valence-electron chi connectivity index (χ1n) is 5.14. The third kappa shape index (κ3) is 4.15. The largest absolute Gasteiger partial charge is 0.314 e. The standard InChI is InChI=1S/C12H19N/c1-3-4-7-11(2)10-12-8-5-6-9-13-12/h7,12-13H,5-6,8-10H2,1-2H3/b11-7-. The fourth-order valence-corrected chi connectivity index (χ4v) is 1.74. The van der Waals surface area contributed by atoms with E-state index in [-0.39, 0.29) is 0 Å². The molecule has 0 aromatic heterocycles. The van der Waals surface area contributed by atoms with E-state index in [0.29, 0.717) is 6.04 Å². The summed E-state index contributed by atoms with van der Waals surface area (Å²) in [6.45, 7) is 5.24. The monoisotopic (exact) mass is 177 g/mol. The summed E-state index contributed by atoms with van der Waals surface area (Å²) in [5.74, 6) is 5.89. The molecule has 1 heterocycles. The molecule has 0 aliphatic carbocycles.